The van der Waals surface area contributed by atoms with Crippen LogP contribution in [0.15, 0.2) is 78.9 Å². The van der Waals surface area contributed by atoms with Crippen molar-refractivity contribution in [2.45, 2.75) is 64.1 Å². The van der Waals surface area contributed by atoms with E-state index in [1.54, 1.807) is 43.5 Å². The quantitative estimate of drug-likeness (QED) is 0.275. The highest BCUT2D eigenvalue weighted by atomic mass is 32.2. The number of nitrogens with one attached hydrogen (secondary N) is 1. The fourth-order valence-electron chi connectivity index (χ4n) is 5.31. The number of hydrogen-bond acceptors (Lipinski definition) is 6. The number of methoxy groups -OCH3 is 1. The van der Waals surface area contributed by atoms with Gasteiger partial charge in [-0.1, -0.05) is 56.5 Å². The van der Waals surface area contributed by atoms with Gasteiger partial charge in [-0.15, -0.1) is 0 Å². The molecule has 0 aromatic heterocycles. The van der Waals surface area contributed by atoms with Crippen LogP contribution < -0.4 is 19.1 Å². The van der Waals surface area contributed by atoms with Gasteiger partial charge in [0.15, 0.2) is 0 Å². The van der Waals surface area contributed by atoms with E-state index in [0.717, 1.165) is 48.2 Å². The highest BCUT2D eigenvalue weighted by Crippen LogP contribution is 2.26. The summed E-state index contributed by atoms with van der Waals surface area (Å²) >= 11 is 0. The summed E-state index contributed by atoms with van der Waals surface area (Å²) in [6.45, 7) is 1.54. The molecule has 1 N–H and O–H groups in total. The molecule has 4 rings (SSSR count). The second-order valence-corrected chi connectivity index (χ2v) is 12.7. The molecule has 0 heterocycles. The lowest BCUT2D eigenvalue weighted by molar-refractivity contribution is -0.140. The van der Waals surface area contributed by atoms with E-state index in [4.69, 9.17) is 9.47 Å². The van der Waals surface area contributed by atoms with E-state index in [-0.39, 0.29) is 18.5 Å². The summed E-state index contributed by atoms with van der Waals surface area (Å²) in [5.74, 6) is 1.16. The molecule has 0 radical (unpaired) electrons. The smallest absolute Gasteiger partial charge is 0.244 e. The topological polar surface area (TPSA) is 105 Å². The summed E-state index contributed by atoms with van der Waals surface area (Å²) in [6, 6.07) is 22.4. The highest BCUT2D eigenvalue weighted by molar-refractivity contribution is 7.92. The van der Waals surface area contributed by atoms with Crippen LogP contribution in [0.2, 0.25) is 0 Å². The van der Waals surface area contributed by atoms with Gasteiger partial charge in [0.25, 0.3) is 0 Å². The summed E-state index contributed by atoms with van der Waals surface area (Å²) in [7, 11) is -2.27. The molecular formula is C33H41N3O6S. The van der Waals surface area contributed by atoms with Crippen LogP contribution in [0.5, 0.6) is 17.2 Å². The molecule has 1 atom stereocenters. The number of benzene rings is 3. The fraction of sp³-hybridized carbons (Fsp3) is 0.394. The lowest BCUT2D eigenvalue weighted by Gasteiger charge is -2.34. The number of hydrogen-bond donors (Lipinski definition) is 1. The summed E-state index contributed by atoms with van der Waals surface area (Å²) in [5.41, 5.74) is 1.12. The number of carbonyl (C=O) groups is 2. The van der Waals surface area contributed by atoms with E-state index in [1.165, 1.54) is 4.90 Å². The molecule has 9 nitrogen and oxygen atoms in total. The lowest BCUT2D eigenvalue weighted by atomic mass is 9.95. The Labute approximate surface area is 254 Å². The number of nitrogens with zero attached hydrogens (tertiary/aromatic N) is 2. The first-order valence-corrected chi connectivity index (χ1v) is 16.6. The van der Waals surface area contributed by atoms with Gasteiger partial charge in [-0.25, -0.2) is 8.42 Å². The van der Waals surface area contributed by atoms with Gasteiger partial charge in [-0.2, -0.15) is 0 Å². The van der Waals surface area contributed by atoms with Crippen LogP contribution in [0.25, 0.3) is 0 Å². The number of para-hydroxylation sites is 1. The predicted octanol–water partition coefficient (Wildman–Crippen LogP) is 5.51. The molecular weight excluding hydrogens is 566 g/mol. The van der Waals surface area contributed by atoms with Gasteiger partial charge in [-0.3, -0.25) is 13.9 Å². The van der Waals surface area contributed by atoms with Crippen molar-refractivity contribution in [3.05, 3.63) is 84.4 Å². The summed E-state index contributed by atoms with van der Waals surface area (Å²) in [6.07, 6.45) is 6.57. The zero-order chi connectivity index (χ0) is 30.8. The van der Waals surface area contributed by atoms with Gasteiger partial charge in [0.1, 0.15) is 29.8 Å². The van der Waals surface area contributed by atoms with Gasteiger partial charge < -0.3 is 19.7 Å². The van der Waals surface area contributed by atoms with Crippen LogP contribution in [0.1, 0.15) is 51.0 Å². The Kier molecular flexibility index (Phi) is 11.1. The Morgan fingerprint density at radius 3 is 2.07 bits per heavy atom. The van der Waals surface area contributed by atoms with Crippen LogP contribution in [0.3, 0.4) is 0 Å². The molecule has 1 aliphatic rings. The number of sulfonamides is 1. The van der Waals surface area contributed by atoms with Crippen molar-refractivity contribution in [1.29, 1.82) is 0 Å². The van der Waals surface area contributed by atoms with Gasteiger partial charge in [-0.05, 0) is 73.4 Å². The normalized spacial score (nSPS) is 14.4. The Morgan fingerprint density at radius 2 is 1.49 bits per heavy atom. The molecule has 10 heteroatoms. The Hall–Kier alpha value is -4.05. The minimum atomic E-state index is -3.85. The van der Waals surface area contributed by atoms with E-state index >= 15 is 0 Å². The fourth-order valence-corrected chi connectivity index (χ4v) is 6.16. The zero-order valence-electron chi connectivity index (χ0n) is 25.1. The van der Waals surface area contributed by atoms with E-state index in [2.05, 4.69) is 5.32 Å². The van der Waals surface area contributed by atoms with Crippen molar-refractivity contribution in [2.24, 2.45) is 0 Å². The molecule has 0 unspecified atom stereocenters. The summed E-state index contributed by atoms with van der Waals surface area (Å²) in [4.78, 5) is 29.0. The maximum atomic E-state index is 14.0. The van der Waals surface area contributed by atoms with Crippen molar-refractivity contribution in [3.8, 4) is 17.2 Å². The number of ether oxygens (including phenoxy) is 2. The zero-order valence-corrected chi connectivity index (χ0v) is 25.9. The predicted molar refractivity (Wildman–Crippen MR) is 168 cm³/mol. The minimum absolute atomic E-state index is 0.0809. The van der Waals surface area contributed by atoms with Gasteiger partial charge in [0, 0.05) is 12.6 Å². The Balaban J connectivity index is 1.58. The highest BCUT2D eigenvalue weighted by Gasteiger charge is 2.32. The van der Waals surface area contributed by atoms with E-state index in [0.29, 0.717) is 29.4 Å². The maximum Gasteiger partial charge on any atom is 0.244 e. The standard InChI is InChI=1S/C33H41N3O6S/c1-4-31(33(38)34-26-11-7-5-8-12-26)35(23-25-15-19-28(41-2)20-16-25)32(37)24-36(43(3,39)40)27-17-21-30(22-18-27)42-29-13-9-6-10-14-29/h6,9-10,13-22,26,31H,4-5,7-8,11-12,23-24H2,1-3H3,(H,34,38)/t31-/m1/s1. The third-order valence-electron chi connectivity index (χ3n) is 7.63. The van der Waals surface area contributed by atoms with Crippen molar-refractivity contribution in [3.63, 3.8) is 0 Å². The second kappa shape index (κ2) is 14.9. The van der Waals surface area contributed by atoms with E-state index < -0.39 is 28.5 Å². The molecule has 0 saturated heterocycles. The molecule has 3 aromatic carbocycles. The van der Waals surface area contributed by atoms with Crippen molar-refractivity contribution >= 4 is 27.5 Å². The third-order valence-corrected chi connectivity index (χ3v) is 8.77. The SMILES string of the molecule is CC[C@H](C(=O)NC1CCCCC1)N(Cc1ccc(OC)cc1)C(=O)CN(c1ccc(Oc2ccccc2)cc1)S(C)(=O)=O. The first-order valence-electron chi connectivity index (χ1n) is 14.7. The average Bonchev–Trinajstić information content (AvgIpc) is 3.01. The van der Waals surface area contributed by atoms with Gasteiger partial charge in [0.2, 0.25) is 21.8 Å². The second-order valence-electron chi connectivity index (χ2n) is 10.8. The van der Waals surface area contributed by atoms with Crippen LogP contribution in [-0.4, -0.2) is 57.1 Å². The lowest BCUT2D eigenvalue weighted by Crippen LogP contribution is -2.53. The molecule has 3 aromatic rings. The first-order chi connectivity index (χ1) is 20.7. The van der Waals surface area contributed by atoms with Crippen molar-refractivity contribution in [2.75, 3.05) is 24.2 Å². The molecule has 1 fully saturated rings. The summed E-state index contributed by atoms with van der Waals surface area (Å²) < 4.78 is 38.1. The van der Waals surface area contributed by atoms with E-state index in [1.807, 2.05) is 49.4 Å². The van der Waals surface area contributed by atoms with Crippen LogP contribution in [-0.2, 0) is 26.2 Å². The number of amides is 2. The third kappa shape index (κ3) is 8.97. The van der Waals surface area contributed by atoms with Crippen LogP contribution in [0, 0.1) is 0 Å². The van der Waals surface area contributed by atoms with Gasteiger partial charge in [0.05, 0.1) is 19.1 Å². The number of carbonyl (C=O) groups excluding carboxylic acids is 2. The van der Waals surface area contributed by atoms with Crippen molar-refractivity contribution in [1.82, 2.24) is 10.2 Å². The molecule has 0 aliphatic heterocycles. The number of anilines is 1. The molecule has 43 heavy (non-hydrogen) atoms. The average molecular weight is 608 g/mol. The Morgan fingerprint density at radius 1 is 0.884 bits per heavy atom. The monoisotopic (exact) mass is 607 g/mol. The van der Waals surface area contributed by atoms with Crippen molar-refractivity contribution < 1.29 is 27.5 Å². The molecule has 0 spiro atoms. The molecule has 2 amide bonds. The summed E-state index contributed by atoms with van der Waals surface area (Å²) in [5, 5.41) is 3.15. The Bertz CT molecular complexity index is 1440. The molecule has 0 bridgehead atoms. The van der Waals surface area contributed by atoms with E-state index in [9.17, 15) is 18.0 Å². The molecule has 230 valence electrons. The molecule has 1 saturated carbocycles. The molecule has 1 aliphatic carbocycles. The maximum absolute atomic E-state index is 14.0. The van der Waals surface area contributed by atoms with Crippen LogP contribution >= 0.6 is 0 Å². The first kappa shape index (κ1) is 31.9. The van der Waals surface area contributed by atoms with Crippen LogP contribution in [0.4, 0.5) is 5.69 Å². The van der Waals surface area contributed by atoms with Gasteiger partial charge >= 0.3 is 0 Å². The number of rotatable bonds is 13. The minimum Gasteiger partial charge on any atom is -0.497 e. The largest absolute Gasteiger partial charge is 0.497 e.